The van der Waals surface area contributed by atoms with Crippen LogP contribution in [0.25, 0.3) is 0 Å². The summed E-state index contributed by atoms with van der Waals surface area (Å²) in [6, 6.07) is 17.4. The van der Waals surface area contributed by atoms with E-state index in [0.29, 0.717) is 0 Å². The van der Waals surface area contributed by atoms with Crippen molar-refractivity contribution in [1.29, 1.82) is 0 Å². The minimum atomic E-state index is -0.767. The van der Waals surface area contributed by atoms with Crippen LogP contribution in [-0.4, -0.2) is 69.6 Å². The molecule has 3 atom stereocenters. The lowest BCUT2D eigenvalue weighted by Crippen LogP contribution is -2.71. The molecule has 1 aromatic heterocycles. The average molecular weight is 487 g/mol. The third kappa shape index (κ3) is 3.96. The molecule has 2 saturated heterocycles. The number of aromatic nitrogens is 2. The van der Waals surface area contributed by atoms with Crippen LogP contribution in [0, 0.1) is 6.92 Å². The van der Waals surface area contributed by atoms with E-state index in [2.05, 4.69) is 76.6 Å². The molecular weight excluding hydrogens is 448 g/mol. The molecule has 3 aliphatic rings. The molecule has 0 unspecified atom stereocenters. The second-order valence-electron chi connectivity index (χ2n) is 11.1. The topological polar surface area (TPSA) is 53.8 Å². The lowest BCUT2D eigenvalue weighted by molar-refractivity contribution is -0.150. The minimum Gasteiger partial charge on any atom is -0.497 e. The molecule has 0 spiro atoms. The van der Waals surface area contributed by atoms with E-state index >= 15 is 0 Å². The van der Waals surface area contributed by atoms with Crippen molar-refractivity contribution in [3.63, 3.8) is 0 Å². The first kappa shape index (κ1) is 23.7. The Morgan fingerprint density at radius 1 is 1.03 bits per heavy atom. The summed E-state index contributed by atoms with van der Waals surface area (Å²) < 4.78 is 7.70. The Morgan fingerprint density at radius 3 is 2.61 bits per heavy atom. The van der Waals surface area contributed by atoms with Crippen molar-refractivity contribution in [3.8, 4) is 5.75 Å². The molecule has 2 fully saturated rings. The first-order chi connectivity index (χ1) is 17.5. The van der Waals surface area contributed by atoms with E-state index < -0.39 is 5.60 Å². The maximum absolute atomic E-state index is 12.8. The third-order valence-corrected chi connectivity index (χ3v) is 9.19. The van der Waals surface area contributed by atoms with E-state index in [-0.39, 0.29) is 11.5 Å². The Kier molecular flexibility index (Phi) is 6.14. The van der Waals surface area contributed by atoms with Crippen molar-refractivity contribution < 1.29 is 9.84 Å². The fourth-order valence-electron chi connectivity index (χ4n) is 7.24. The zero-order chi connectivity index (χ0) is 24.8. The number of hydrogen-bond donors (Lipinski definition) is 1. The number of aliphatic hydroxyl groups is 1. The van der Waals surface area contributed by atoms with Crippen molar-refractivity contribution >= 4 is 0 Å². The largest absolute Gasteiger partial charge is 0.497 e. The van der Waals surface area contributed by atoms with Gasteiger partial charge in [0.1, 0.15) is 5.75 Å². The summed E-state index contributed by atoms with van der Waals surface area (Å²) in [5, 5.41) is 17.3. The van der Waals surface area contributed by atoms with Crippen molar-refractivity contribution in [1.82, 2.24) is 19.6 Å². The molecule has 2 aliphatic heterocycles. The van der Waals surface area contributed by atoms with Gasteiger partial charge in [-0.1, -0.05) is 36.4 Å². The highest BCUT2D eigenvalue weighted by atomic mass is 16.5. The normalized spacial score (nSPS) is 28.2. The SMILES string of the molecule is COc1ccc2c(c1)[C@@]13CCN(CCn4cc(C)cn4)CC[C@@]1(O)[C@@H](C2)N(Cc1ccccc1)CC3. The van der Waals surface area contributed by atoms with Gasteiger partial charge in [-0.2, -0.15) is 5.10 Å². The molecule has 0 saturated carbocycles. The van der Waals surface area contributed by atoms with Crippen LogP contribution in [0.2, 0.25) is 0 Å². The number of likely N-dealkylation sites (tertiary alicyclic amines) is 2. The van der Waals surface area contributed by atoms with Crippen LogP contribution < -0.4 is 4.74 Å². The number of piperidine rings is 1. The number of rotatable bonds is 6. The quantitative estimate of drug-likeness (QED) is 0.575. The van der Waals surface area contributed by atoms with Crippen molar-refractivity contribution in [2.24, 2.45) is 0 Å². The van der Waals surface area contributed by atoms with E-state index in [1.54, 1.807) is 7.11 Å². The Labute approximate surface area is 214 Å². The average Bonchev–Trinajstić information content (AvgIpc) is 3.24. The van der Waals surface area contributed by atoms with Crippen LogP contribution >= 0.6 is 0 Å². The number of hydrogen-bond acceptors (Lipinski definition) is 5. The number of aryl methyl sites for hydroxylation is 1. The summed E-state index contributed by atoms with van der Waals surface area (Å²) in [6.07, 6.45) is 7.65. The molecule has 3 aromatic rings. The smallest absolute Gasteiger partial charge is 0.119 e. The van der Waals surface area contributed by atoms with E-state index in [1.807, 2.05) is 10.9 Å². The van der Waals surface area contributed by atoms with E-state index in [0.717, 1.165) is 70.7 Å². The summed E-state index contributed by atoms with van der Waals surface area (Å²) in [4.78, 5) is 5.10. The highest BCUT2D eigenvalue weighted by molar-refractivity contribution is 5.48. The van der Waals surface area contributed by atoms with E-state index in [1.165, 1.54) is 22.3 Å². The zero-order valence-electron chi connectivity index (χ0n) is 21.6. The van der Waals surface area contributed by atoms with E-state index in [9.17, 15) is 5.11 Å². The summed E-state index contributed by atoms with van der Waals surface area (Å²) in [5.74, 6) is 0.894. The molecule has 6 rings (SSSR count). The minimum absolute atomic E-state index is 0.112. The lowest BCUT2D eigenvalue weighted by Gasteiger charge is -2.61. The second-order valence-corrected chi connectivity index (χ2v) is 11.1. The molecule has 190 valence electrons. The fourth-order valence-corrected chi connectivity index (χ4v) is 7.24. The monoisotopic (exact) mass is 486 g/mol. The predicted octanol–water partition coefficient (Wildman–Crippen LogP) is 3.80. The summed E-state index contributed by atoms with van der Waals surface area (Å²) >= 11 is 0. The third-order valence-electron chi connectivity index (χ3n) is 9.19. The van der Waals surface area contributed by atoms with Gasteiger partial charge in [-0.3, -0.25) is 9.58 Å². The Hall–Kier alpha value is -2.67. The molecule has 2 aromatic carbocycles. The number of fused-ring (bicyclic) bond motifs is 1. The van der Waals surface area contributed by atoms with Crippen LogP contribution in [-0.2, 0) is 24.9 Å². The van der Waals surface area contributed by atoms with Crippen LogP contribution in [0.1, 0.15) is 41.5 Å². The molecule has 1 aliphatic carbocycles. The van der Waals surface area contributed by atoms with Gasteiger partial charge >= 0.3 is 0 Å². The Bertz CT molecular complexity index is 1210. The number of methoxy groups -OCH3 is 1. The van der Waals surface area contributed by atoms with Gasteiger partial charge in [-0.15, -0.1) is 0 Å². The van der Waals surface area contributed by atoms with Gasteiger partial charge in [-0.05, 0) is 80.1 Å². The maximum atomic E-state index is 12.8. The number of ether oxygens (including phenoxy) is 1. The molecule has 3 heterocycles. The Balaban J connectivity index is 1.33. The second kappa shape index (κ2) is 9.33. The standard InChI is InChI=1S/C30H38N4O2/c1-23-20-31-34(21-23)17-16-32-13-10-29-11-15-33(22-24-6-4-3-5-7-24)28(30(29,35)12-14-32)18-25-8-9-26(36-2)19-27(25)29/h3-9,19-21,28,35H,10-18,22H2,1-2H3/t28-,29+,30-/m1/s1. The maximum Gasteiger partial charge on any atom is 0.119 e. The van der Waals surface area contributed by atoms with Gasteiger partial charge in [0.15, 0.2) is 0 Å². The van der Waals surface area contributed by atoms with Crippen molar-refractivity contribution in [2.45, 2.75) is 62.8 Å². The predicted molar refractivity (Wildman–Crippen MR) is 141 cm³/mol. The molecule has 1 N–H and O–H groups in total. The molecule has 0 radical (unpaired) electrons. The van der Waals surface area contributed by atoms with Gasteiger partial charge in [0.05, 0.1) is 25.5 Å². The number of nitrogens with zero attached hydrogens (tertiary/aromatic N) is 4. The summed E-state index contributed by atoms with van der Waals surface area (Å²) in [7, 11) is 1.74. The van der Waals surface area contributed by atoms with Crippen LogP contribution in [0.5, 0.6) is 5.75 Å². The van der Waals surface area contributed by atoms with Crippen molar-refractivity contribution in [2.75, 3.05) is 33.3 Å². The highest BCUT2D eigenvalue weighted by Gasteiger charge is 2.63. The van der Waals surface area contributed by atoms with Crippen LogP contribution in [0.4, 0.5) is 0 Å². The fraction of sp³-hybridized carbons (Fsp3) is 0.500. The highest BCUT2D eigenvalue weighted by Crippen LogP contribution is 2.56. The lowest BCUT2D eigenvalue weighted by atomic mass is 9.52. The van der Waals surface area contributed by atoms with Gasteiger partial charge in [0.25, 0.3) is 0 Å². The van der Waals surface area contributed by atoms with Gasteiger partial charge in [0, 0.05) is 37.3 Å². The first-order valence-electron chi connectivity index (χ1n) is 13.4. The summed E-state index contributed by atoms with van der Waals surface area (Å²) in [6.45, 7) is 7.72. The zero-order valence-corrected chi connectivity index (χ0v) is 21.6. The van der Waals surface area contributed by atoms with E-state index in [4.69, 9.17) is 4.74 Å². The van der Waals surface area contributed by atoms with Gasteiger partial charge < -0.3 is 14.7 Å². The van der Waals surface area contributed by atoms with Gasteiger partial charge in [0.2, 0.25) is 0 Å². The molecule has 2 bridgehead atoms. The van der Waals surface area contributed by atoms with Crippen LogP contribution in [0.15, 0.2) is 60.9 Å². The molecule has 0 amide bonds. The van der Waals surface area contributed by atoms with Crippen molar-refractivity contribution in [3.05, 3.63) is 83.2 Å². The van der Waals surface area contributed by atoms with Crippen LogP contribution in [0.3, 0.4) is 0 Å². The molecule has 36 heavy (non-hydrogen) atoms. The molecule has 6 heteroatoms. The summed E-state index contributed by atoms with van der Waals surface area (Å²) in [5.41, 5.74) is 4.20. The van der Waals surface area contributed by atoms with Gasteiger partial charge in [-0.25, -0.2) is 0 Å². The number of benzene rings is 2. The molecular formula is C30H38N4O2. The first-order valence-corrected chi connectivity index (χ1v) is 13.4. The Morgan fingerprint density at radius 2 is 1.83 bits per heavy atom. The molecule has 6 nitrogen and oxygen atoms in total.